The Bertz CT molecular complexity index is 1390. The summed E-state index contributed by atoms with van der Waals surface area (Å²) >= 11 is 0. The van der Waals surface area contributed by atoms with E-state index in [0.29, 0.717) is 5.82 Å². The number of nitrogens with one attached hydrogen (secondary N) is 1. The summed E-state index contributed by atoms with van der Waals surface area (Å²) in [5, 5.41) is 6.35. The third-order valence-corrected chi connectivity index (χ3v) is 5.28. The van der Waals surface area contributed by atoms with Gasteiger partial charge in [0.05, 0.1) is 32.0 Å². The molecule has 0 radical (unpaired) electrons. The van der Waals surface area contributed by atoms with Crippen LogP contribution >= 0.6 is 0 Å². The van der Waals surface area contributed by atoms with Crippen molar-refractivity contribution in [2.24, 2.45) is 14.1 Å². The highest BCUT2D eigenvalue weighted by Crippen LogP contribution is 2.32. The van der Waals surface area contributed by atoms with Crippen molar-refractivity contribution in [3.05, 3.63) is 42.0 Å². The summed E-state index contributed by atoms with van der Waals surface area (Å²) in [5.74, 6) is 0.454. The van der Waals surface area contributed by atoms with Crippen molar-refractivity contribution in [1.82, 2.24) is 9.55 Å². The molecule has 4 rings (SSSR count). The molecule has 3 aromatic heterocycles. The minimum atomic E-state index is -4.41. The predicted molar refractivity (Wildman–Crippen MR) is 113 cm³/mol. The molecule has 30 heavy (non-hydrogen) atoms. The number of aryl methyl sites for hydroxylation is 3. The molecule has 3 heterocycles. The molecule has 0 unspecified atom stereocenters. The van der Waals surface area contributed by atoms with E-state index in [-0.39, 0.29) is 5.91 Å². The number of aromatic nitrogens is 3. The van der Waals surface area contributed by atoms with Gasteiger partial charge in [-0.05, 0) is 30.7 Å². The molecule has 0 aliphatic rings. The van der Waals surface area contributed by atoms with Crippen molar-refractivity contribution < 1.29 is 26.5 Å². The van der Waals surface area contributed by atoms with Gasteiger partial charge in [0.2, 0.25) is 27.8 Å². The molecule has 10 heteroatoms. The van der Waals surface area contributed by atoms with E-state index in [1.165, 1.54) is 28.8 Å². The number of hydrogen-bond donors (Lipinski definition) is 1. The lowest BCUT2D eigenvalue weighted by molar-refractivity contribution is -0.622. The highest BCUT2D eigenvalue weighted by atomic mass is 32.3. The molecule has 1 amide bonds. The van der Waals surface area contributed by atoms with Gasteiger partial charge in [-0.15, -0.1) is 0 Å². The lowest BCUT2D eigenvalue weighted by Crippen LogP contribution is -2.33. The van der Waals surface area contributed by atoms with Crippen molar-refractivity contribution in [2.75, 3.05) is 12.4 Å². The first-order valence-electron chi connectivity index (χ1n) is 9.00. The third kappa shape index (κ3) is 3.97. The number of carbonyl (C=O) groups excluding carboxylic acids is 1. The lowest BCUT2D eigenvalue weighted by atomic mass is 10.1. The monoisotopic (exact) mass is 430 g/mol. The average molecular weight is 430 g/mol. The summed E-state index contributed by atoms with van der Waals surface area (Å²) in [6.45, 7) is 3.63. The topological polar surface area (TPSA) is 117 Å². The first kappa shape index (κ1) is 21.6. The highest BCUT2D eigenvalue weighted by Gasteiger charge is 2.22. The molecule has 0 aliphatic carbocycles. The van der Waals surface area contributed by atoms with E-state index in [9.17, 15) is 17.8 Å². The Balaban J connectivity index is 0.000000377. The molecule has 1 N–H and O–H groups in total. The Morgan fingerprint density at radius 1 is 1.20 bits per heavy atom. The largest absolute Gasteiger partial charge is 0.726 e. The van der Waals surface area contributed by atoms with Gasteiger partial charge >= 0.3 is 0 Å². The Labute approximate surface area is 173 Å². The molecule has 0 bridgehead atoms. The summed E-state index contributed by atoms with van der Waals surface area (Å²) in [6, 6.07) is 12.3. The fourth-order valence-corrected chi connectivity index (χ4v) is 3.62. The van der Waals surface area contributed by atoms with E-state index < -0.39 is 10.4 Å². The summed E-state index contributed by atoms with van der Waals surface area (Å²) < 4.78 is 35.3. The van der Waals surface area contributed by atoms with Gasteiger partial charge in [0.25, 0.3) is 5.65 Å². The average Bonchev–Trinajstić information content (AvgIpc) is 2.99. The molecule has 158 valence electrons. The van der Waals surface area contributed by atoms with Gasteiger partial charge in [0.1, 0.15) is 5.52 Å². The fraction of sp³-hybridized carbons (Fsp3) is 0.250. The standard InChI is InChI=1S/C19H18N4O.CH4O4S/c1-11-13-9-10-16(20-12(2)24)21-18(13)23(4)19-17(11)14-7-5-6-8-15(14)22(19)3;1-5-6(2,3)4/h5-10H,1-4H3;1H3,(H,2,3,4). The molecule has 4 aromatic rings. The minimum absolute atomic E-state index is 0.119. The lowest BCUT2D eigenvalue weighted by Gasteiger charge is -2.07. The third-order valence-electron chi connectivity index (χ3n) is 4.87. The number of carbonyl (C=O) groups is 1. The first-order chi connectivity index (χ1) is 14.0. The van der Waals surface area contributed by atoms with Crippen LogP contribution in [0, 0.1) is 6.92 Å². The van der Waals surface area contributed by atoms with Gasteiger partial charge in [-0.1, -0.05) is 23.2 Å². The number of pyridine rings is 2. The van der Waals surface area contributed by atoms with Crippen LogP contribution in [0.15, 0.2) is 36.4 Å². The second kappa shape index (κ2) is 7.98. The summed E-state index contributed by atoms with van der Waals surface area (Å²) in [4.78, 5) is 16.0. The molecule has 0 aliphatic heterocycles. The van der Waals surface area contributed by atoms with Crippen molar-refractivity contribution in [3.63, 3.8) is 0 Å². The van der Waals surface area contributed by atoms with E-state index >= 15 is 0 Å². The Morgan fingerprint density at radius 2 is 1.83 bits per heavy atom. The summed E-state index contributed by atoms with van der Waals surface area (Å²) in [6.07, 6.45) is 0. The summed E-state index contributed by atoms with van der Waals surface area (Å²) in [5.41, 5.74) is 4.38. The molecule has 0 saturated heterocycles. The number of rotatable bonds is 2. The number of para-hydroxylation sites is 1. The van der Waals surface area contributed by atoms with Gasteiger partial charge in [0, 0.05) is 12.3 Å². The normalized spacial score (nSPS) is 11.5. The van der Waals surface area contributed by atoms with Gasteiger partial charge in [0.15, 0.2) is 0 Å². The van der Waals surface area contributed by atoms with Crippen LogP contribution in [-0.4, -0.2) is 35.5 Å². The zero-order chi connectivity index (χ0) is 22.2. The van der Waals surface area contributed by atoms with Gasteiger partial charge in [-0.25, -0.2) is 13.0 Å². The van der Waals surface area contributed by atoms with Gasteiger partial charge in [-0.2, -0.15) is 0 Å². The van der Waals surface area contributed by atoms with Crippen molar-refractivity contribution in [3.8, 4) is 0 Å². The number of amides is 1. The van der Waals surface area contributed by atoms with Crippen LogP contribution in [0.1, 0.15) is 12.5 Å². The molecule has 0 saturated carbocycles. The maximum Gasteiger partial charge on any atom is 0.272 e. The first-order valence-corrected chi connectivity index (χ1v) is 10.3. The number of hydrogen-bond acceptors (Lipinski definition) is 6. The van der Waals surface area contributed by atoms with E-state index in [1.807, 2.05) is 19.2 Å². The smallest absolute Gasteiger partial charge is 0.272 e. The number of anilines is 1. The van der Waals surface area contributed by atoms with Crippen LogP contribution in [0.25, 0.3) is 33.0 Å². The highest BCUT2D eigenvalue weighted by molar-refractivity contribution is 7.80. The predicted octanol–water partition coefficient (Wildman–Crippen LogP) is 2.06. The van der Waals surface area contributed by atoms with Gasteiger partial charge in [-0.3, -0.25) is 18.9 Å². The van der Waals surface area contributed by atoms with Crippen LogP contribution in [0.4, 0.5) is 5.82 Å². The van der Waals surface area contributed by atoms with Crippen molar-refractivity contribution in [1.29, 1.82) is 0 Å². The Morgan fingerprint density at radius 3 is 2.43 bits per heavy atom. The maximum atomic E-state index is 11.3. The van der Waals surface area contributed by atoms with E-state index in [0.717, 1.165) is 23.8 Å². The molecule has 9 nitrogen and oxygen atoms in total. The quantitative estimate of drug-likeness (QED) is 0.296. The van der Waals surface area contributed by atoms with E-state index in [4.69, 9.17) is 0 Å². The second-order valence-electron chi connectivity index (χ2n) is 6.78. The SMILES string of the molecule is CC(=O)Nc1ccc2c(C)c3c4ccccc4n(C)c3[n+](C)c2n1.COS(=O)(=O)[O-]. The number of nitrogens with zero attached hydrogens (tertiary/aromatic N) is 3. The fourth-order valence-electron chi connectivity index (χ4n) is 3.62. The van der Waals surface area contributed by atoms with Crippen LogP contribution in [-0.2, 0) is 33.5 Å². The van der Waals surface area contributed by atoms with Crippen molar-refractivity contribution in [2.45, 2.75) is 13.8 Å². The van der Waals surface area contributed by atoms with Crippen LogP contribution < -0.4 is 9.88 Å². The molecule has 1 aromatic carbocycles. The summed E-state index contributed by atoms with van der Waals surface area (Å²) in [7, 11) is 0.494. The Kier molecular flexibility index (Phi) is 5.75. The van der Waals surface area contributed by atoms with Crippen LogP contribution in [0.2, 0.25) is 0 Å². The number of fused-ring (bicyclic) bond motifs is 4. The molecule has 0 atom stereocenters. The molecule has 0 spiro atoms. The minimum Gasteiger partial charge on any atom is -0.726 e. The van der Waals surface area contributed by atoms with Crippen molar-refractivity contribution >= 4 is 55.1 Å². The van der Waals surface area contributed by atoms with E-state index in [2.05, 4.69) is 61.9 Å². The maximum absolute atomic E-state index is 11.3. The zero-order valence-electron chi connectivity index (χ0n) is 17.3. The molecular weight excluding hydrogens is 408 g/mol. The second-order valence-corrected chi connectivity index (χ2v) is 7.93. The Hall–Kier alpha value is -3.08. The van der Waals surface area contributed by atoms with Gasteiger partial charge < -0.3 is 4.55 Å². The molecular formula is C20H22N4O5S. The number of benzene rings is 1. The zero-order valence-corrected chi connectivity index (χ0v) is 18.1. The van der Waals surface area contributed by atoms with Crippen LogP contribution in [0.5, 0.6) is 0 Å². The van der Waals surface area contributed by atoms with E-state index in [1.54, 1.807) is 0 Å². The van der Waals surface area contributed by atoms with Crippen LogP contribution in [0.3, 0.4) is 0 Å². The molecule has 0 fully saturated rings.